The fourth-order valence-corrected chi connectivity index (χ4v) is 2.24. The van der Waals surface area contributed by atoms with Gasteiger partial charge in [-0.05, 0) is 17.0 Å². The summed E-state index contributed by atoms with van der Waals surface area (Å²) in [5, 5.41) is 1.97. The van der Waals surface area contributed by atoms with Crippen molar-refractivity contribution >= 4 is 16.6 Å². The molecule has 0 amide bonds. The molecular weight excluding hydrogens is 234 g/mol. The van der Waals surface area contributed by atoms with Crippen molar-refractivity contribution in [2.24, 2.45) is 0 Å². The van der Waals surface area contributed by atoms with Crippen LogP contribution in [-0.2, 0) is 6.42 Å². The molecule has 2 nitrogen and oxygen atoms in total. The Labute approximate surface area is 111 Å². The summed E-state index contributed by atoms with van der Waals surface area (Å²) in [5.74, 6) is 0.142. The number of hydrogen-bond donors (Lipinski definition) is 0. The molecule has 0 unspecified atom stereocenters. The first-order valence-corrected chi connectivity index (χ1v) is 6.24. The van der Waals surface area contributed by atoms with Crippen LogP contribution in [0.4, 0.5) is 0 Å². The number of aromatic nitrogens is 1. The van der Waals surface area contributed by atoms with Crippen LogP contribution in [0.1, 0.15) is 15.9 Å². The molecule has 0 fully saturated rings. The van der Waals surface area contributed by atoms with Gasteiger partial charge in [0.25, 0.3) is 0 Å². The Morgan fingerprint density at radius 2 is 1.79 bits per heavy atom. The van der Waals surface area contributed by atoms with Crippen LogP contribution in [0.2, 0.25) is 0 Å². The number of Topliss-reactive ketones (excluding diaryl/α,β-unsaturated/α-hetero) is 1. The second kappa shape index (κ2) is 5.02. The topological polar surface area (TPSA) is 30.0 Å². The molecule has 0 bridgehead atoms. The molecule has 1 heterocycles. The molecule has 0 radical (unpaired) electrons. The van der Waals surface area contributed by atoms with E-state index >= 15 is 0 Å². The molecule has 0 aliphatic carbocycles. The molecule has 19 heavy (non-hydrogen) atoms. The van der Waals surface area contributed by atoms with E-state index in [9.17, 15) is 4.79 Å². The van der Waals surface area contributed by atoms with Crippen molar-refractivity contribution in [3.05, 3.63) is 78.1 Å². The molecule has 2 aromatic carbocycles. The van der Waals surface area contributed by atoms with E-state index in [1.54, 1.807) is 12.4 Å². The number of nitrogens with zero attached hydrogens (tertiary/aromatic N) is 1. The van der Waals surface area contributed by atoms with Crippen LogP contribution in [0, 0.1) is 0 Å². The highest BCUT2D eigenvalue weighted by Crippen LogP contribution is 2.19. The highest BCUT2D eigenvalue weighted by molar-refractivity contribution is 6.08. The van der Waals surface area contributed by atoms with Gasteiger partial charge in [0.15, 0.2) is 5.78 Å². The number of benzene rings is 2. The zero-order valence-corrected chi connectivity index (χ0v) is 10.4. The van der Waals surface area contributed by atoms with Crippen molar-refractivity contribution in [1.29, 1.82) is 0 Å². The van der Waals surface area contributed by atoms with Crippen LogP contribution < -0.4 is 0 Å². The van der Waals surface area contributed by atoms with Gasteiger partial charge in [-0.2, -0.15) is 0 Å². The van der Waals surface area contributed by atoms with Crippen LogP contribution in [0.3, 0.4) is 0 Å². The molecule has 2 heteroatoms. The predicted octanol–water partition coefficient (Wildman–Crippen LogP) is 3.66. The summed E-state index contributed by atoms with van der Waals surface area (Å²) in [6.45, 7) is 0. The first-order valence-electron chi connectivity index (χ1n) is 6.24. The van der Waals surface area contributed by atoms with Gasteiger partial charge >= 0.3 is 0 Å². The molecule has 0 saturated carbocycles. The number of rotatable bonds is 3. The van der Waals surface area contributed by atoms with Gasteiger partial charge in [0.05, 0.1) is 0 Å². The molecule has 0 spiro atoms. The van der Waals surface area contributed by atoms with Crippen LogP contribution in [0.5, 0.6) is 0 Å². The van der Waals surface area contributed by atoms with Crippen molar-refractivity contribution in [3.63, 3.8) is 0 Å². The summed E-state index contributed by atoms with van der Waals surface area (Å²) in [7, 11) is 0. The number of fused-ring (bicyclic) bond motifs is 1. The summed E-state index contributed by atoms with van der Waals surface area (Å²) in [6.07, 6.45) is 3.94. The van der Waals surface area contributed by atoms with Crippen LogP contribution >= 0.6 is 0 Å². The zero-order chi connectivity index (χ0) is 13.1. The van der Waals surface area contributed by atoms with E-state index in [2.05, 4.69) is 4.98 Å². The normalized spacial score (nSPS) is 10.5. The predicted molar refractivity (Wildman–Crippen MR) is 76.2 cm³/mol. The molecule has 0 atom stereocenters. The van der Waals surface area contributed by atoms with Gasteiger partial charge in [-0.1, -0.05) is 48.5 Å². The first kappa shape index (κ1) is 11.6. The Kier molecular flexibility index (Phi) is 3.07. The van der Waals surface area contributed by atoms with Crippen molar-refractivity contribution in [2.75, 3.05) is 0 Å². The monoisotopic (exact) mass is 247 g/mol. The molecule has 0 aliphatic heterocycles. The van der Waals surface area contributed by atoms with Crippen molar-refractivity contribution < 1.29 is 4.79 Å². The Hall–Kier alpha value is -2.48. The molecule has 3 rings (SSSR count). The van der Waals surface area contributed by atoms with Crippen LogP contribution in [-0.4, -0.2) is 10.8 Å². The number of pyridine rings is 1. The van der Waals surface area contributed by atoms with E-state index in [-0.39, 0.29) is 5.78 Å². The van der Waals surface area contributed by atoms with Crippen molar-refractivity contribution in [3.8, 4) is 0 Å². The van der Waals surface area contributed by atoms with E-state index < -0.39 is 0 Å². The molecule has 0 aliphatic rings. The smallest absolute Gasteiger partial charge is 0.167 e. The zero-order valence-electron chi connectivity index (χ0n) is 10.4. The average Bonchev–Trinajstić information content (AvgIpc) is 2.47. The Balaban J connectivity index is 1.98. The summed E-state index contributed by atoms with van der Waals surface area (Å²) in [6, 6.07) is 17.5. The quantitative estimate of drug-likeness (QED) is 0.661. The van der Waals surface area contributed by atoms with Crippen LogP contribution in [0.25, 0.3) is 10.8 Å². The third kappa shape index (κ3) is 2.38. The molecule has 0 N–H and O–H groups in total. The van der Waals surface area contributed by atoms with Crippen molar-refractivity contribution in [2.45, 2.75) is 6.42 Å². The maximum atomic E-state index is 12.4. The average molecular weight is 247 g/mol. The fraction of sp³-hybridized carbons (Fsp3) is 0.0588. The Morgan fingerprint density at radius 1 is 0.947 bits per heavy atom. The highest BCUT2D eigenvalue weighted by Gasteiger charge is 2.10. The lowest BCUT2D eigenvalue weighted by atomic mass is 9.98. The van der Waals surface area contributed by atoms with E-state index in [1.807, 2.05) is 54.6 Å². The van der Waals surface area contributed by atoms with Crippen LogP contribution in [0.15, 0.2) is 67.0 Å². The number of carbonyl (C=O) groups is 1. The molecule has 0 saturated heterocycles. The largest absolute Gasteiger partial charge is 0.294 e. The van der Waals surface area contributed by atoms with Gasteiger partial charge in [0.1, 0.15) is 0 Å². The molecule has 1 aromatic heterocycles. The number of ketones is 1. The van der Waals surface area contributed by atoms with Gasteiger partial charge in [-0.25, -0.2) is 0 Å². The second-order valence-corrected chi connectivity index (χ2v) is 4.49. The Morgan fingerprint density at radius 3 is 2.63 bits per heavy atom. The first-order chi connectivity index (χ1) is 9.34. The minimum atomic E-state index is 0.142. The SMILES string of the molecule is O=C(Cc1ccccc1)c1cccc2cnccc12. The van der Waals surface area contributed by atoms with E-state index in [1.165, 1.54) is 0 Å². The summed E-state index contributed by atoms with van der Waals surface area (Å²) in [4.78, 5) is 16.5. The highest BCUT2D eigenvalue weighted by atomic mass is 16.1. The summed E-state index contributed by atoms with van der Waals surface area (Å²) < 4.78 is 0. The van der Waals surface area contributed by atoms with Gasteiger partial charge in [-0.15, -0.1) is 0 Å². The van der Waals surface area contributed by atoms with E-state index in [4.69, 9.17) is 0 Å². The van der Waals surface area contributed by atoms with Gasteiger partial charge < -0.3 is 0 Å². The lowest BCUT2D eigenvalue weighted by molar-refractivity contribution is 0.0994. The molecule has 3 aromatic rings. The van der Waals surface area contributed by atoms with Gasteiger partial charge in [0.2, 0.25) is 0 Å². The van der Waals surface area contributed by atoms with Gasteiger partial charge in [-0.3, -0.25) is 9.78 Å². The van der Waals surface area contributed by atoms with Crippen molar-refractivity contribution in [1.82, 2.24) is 4.98 Å². The second-order valence-electron chi connectivity index (χ2n) is 4.49. The number of hydrogen-bond acceptors (Lipinski definition) is 2. The minimum absolute atomic E-state index is 0.142. The summed E-state index contributed by atoms with van der Waals surface area (Å²) >= 11 is 0. The lowest BCUT2D eigenvalue weighted by Gasteiger charge is -2.05. The van der Waals surface area contributed by atoms with Gasteiger partial charge in [0, 0.05) is 29.8 Å². The summed E-state index contributed by atoms with van der Waals surface area (Å²) in [5.41, 5.74) is 1.81. The lowest BCUT2D eigenvalue weighted by Crippen LogP contribution is -2.04. The third-order valence-corrected chi connectivity index (χ3v) is 3.19. The standard InChI is InChI=1S/C17H13NO/c19-17(11-13-5-2-1-3-6-13)16-8-4-7-14-12-18-10-9-15(14)16/h1-10,12H,11H2. The minimum Gasteiger partial charge on any atom is -0.294 e. The molecule has 92 valence electrons. The van der Waals surface area contributed by atoms with E-state index in [0.29, 0.717) is 6.42 Å². The third-order valence-electron chi connectivity index (χ3n) is 3.19. The number of carbonyl (C=O) groups excluding carboxylic acids is 1. The van der Waals surface area contributed by atoms with E-state index in [0.717, 1.165) is 21.9 Å². The maximum Gasteiger partial charge on any atom is 0.167 e. The fourth-order valence-electron chi connectivity index (χ4n) is 2.24. The molecular formula is C17H13NO. The maximum absolute atomic E-state index is 12.4. The Bertz CT molecular complexity index is 714.